The van der Waals surface area contributed by atoms with Crippen LogP contribution in [0.2, 0.25) is 20.1 Å². The fraction of sp³-hybridized carbons (Fsp3) is 0.120. The Kier molecular flexibility index (Phi) is 7.85. The maximum atomic E-state index is 13.8. The first-order valence-corrected chi connectivity index (χ1v) is 12.4. The molecule has 1 aliphatic rings. The number of nitro groups is 1. The number of fused-ring (bicyclic) bond motifs is 1. The molecule has 0 aromatic heterocycles. The van der Waals surface area contributed by atoms with Crippen LogP contribution in [-0.2, 0) is 0 Å². The molecule has 200 valence electrons. The van der Waals surface area contributed by atoms with Gasteiger partial charge in [0.15, 0.2) is 5.78 Å². The molecular weight excluding hydrogens is 596 g/mol. The Morgan fingerprint density at radius 3 is 1.74 bits per heavy atom. The third kappa shape index (κ3) is 4.80. The van der Waals surface area contributed by atoms with Crippen molar-refractivity contribution in [2.45, 2.75) is 13.0 Å². The predicted molar refractivity (Wildman–Crippen MR) is 143 cm³/mol. The predicted octanol–water partition coefficient (Wildman–Crippen LogP) is 6.14. The summed E-state index contributed by atoms with van der Waals surface area (Å²) in [5.41, 5.74) is -1.11. The Hall–Kier alpha value is -3.70. The van der Waals surface area contributed by atoms with Crippen LogP contribution in [0.1, 0.15) is 48.4 Å². The normalized spacial score (nSPS) is 13.2. The van der Waals surface area contributed by atoms with Crippen molar-refractivity contribution in [3.05, 3.63) is 101 Å². The molecule has 0 fully saturated rings. The van der Waals surface area contributed by atoms with Crippen LogP contribution in [0.15, 0.2) is 48.5 Å². The number of ketones is 1. The highest BCUT2D eigenvalue weighted by molar-refractivity contribution is 6.55. The van der Waals surface area contributed by atoms with Gasteiger partial charge in [-0.3, -0.25) is 29.3 Å². The lowest BCUT2D eigenvalue weighted by Crippen LogP contribution is -2.56. The SMILES string of the molecule is COc1ccc(C(=O)[C@H](C)N(C(=O)c2ccc([N+](=O)[O-])cc2)N2C(=O)c3c(Cl)c(Cl)c(Cl)c(Cl)c3C2=O)cc1. The van der Waals surface area contributed by atoms with Crippen LogP contribution in [-0.4, -0.2) is 51.6 Å². The first kappa shape index (κ1) is 28.3. The molecule has 0 radical (unpaired) electrons. The van der Waals surface area contributed by atoms with E-state index in [9.17, 15) is 29.3 Å². The van der Waals surface area contributed by atoms with E-state index in [1.54, 1.807) is 0 Å². The Balaban J connectivity index is 1.85. The number of non-ortho nitro benzene ring substituents is 1. The van der Waals surface area contributed by atoms with Gasteiger partial charge < -0.3 is 4.74 Å². The lowest BCUT2D eigenvalue weighted by atomic mass is 10.0. The van der Waals surface area contributed by atoms with Crippen molar-refractivity contribution in [3.63, 3.8) is 0 Å². The number of carbonyl (C=O) groups excluding carboxylic acids is 4. The molecule has 14 heteroatoms. The number of Topliss-reactive ketones (excluding diaryl/α,β-unsaturated/α-hetero) is 1. The van der Waals surface area contributed by atoms with Crippen LogP contribution in [0, 0.1) is 10.1 Å². The number of hydrazine groups is 1. The highest BCUT2D eigenvalue weighted by atomic mass is 35.5. The summed E-state index contributed by atoms with van der Waals surface area (Å²) in [6, 6.07) is 8.89. The molecule has 0 spiro atoms. The smallest absolute Gasteiger partial charge is 0.282 e. The van der Waals surface area contributed by atoms with Crippen molar-refractivity contribution < 1.29 is 28.8 Å². The van der Waals surface area contributed by atoms with Crippen molar-refractivity contribution in [3.8, 4) is 5.75 Å². The highest BCUT2D eigenvalue weighted by Crippen LogP contribution is 2.45. The van der Waals surface area contributed by atoms with Crippen LogP contribution in [0.3, 0.4) is 0 Å². The van der Waals surface area contributed by atoms with Crippen molar-refractivity contribution >= 4 is 75.6 Å². The summed E-state index contributed by atoms with van der Waals surface area (Å²) in [6.45, 7) is 1.31. The summed E-state index contributed by atoms with van der Waals surface area (Å²) in [7, 11) is 1.45. The molecule has 0 aliphatic carbocycles. The molecule has 0 bridgehead atoms. The third-order valence-corrected chi connectivity index (χ3v) is 7.75. The Morgan fingerprint density at radius 2 is 1.31 bits per heavy atom. The second-order valence-corrected chi connectivity index (χ2v) is 9.66. The quantitative estimate of drug-likeness (QED) is 0.0784. The Labute approximate surface area is 240 Å². The number of benzene rings is 3. The first-order chi connectivity index (χ1) is 18.4. The van der Waals surface area contributed by atoms with Crippen molar-refractivity contribution in [1.82, 2.24) is 10.0 Å². The molecule has 3 aromatic rings. The molecular formula is C25H15Cl4N3O7. The van der Waals surface area contributed by atoms with Crippen LogP contribution in [0.4, 0.5) is 5.69 Å². The summed E-state index contributed by atoms with van der Waals surface area (Å²) >= 11 is 24.7. The average molecular weight is 611 g/mol. The van der Waals surface area contributed by atoms with Gasteiger partial charge in [-0.1, -0.05) is 46.4 Å². The topological polar surface area (TPSA) is 127 Å². The fourth-order valence-electron chi connectivity index (χ4n) is 3.94. The summed E-state index contributed by atoms with van der Waals surface area (Å²) in [5.74, 6) is -3.32. The Bertz CT molecular complexity index is 1510. The summed E-state index contributed by atoms with van der Waals surface area (Å²) < 4.78 is 5.10. The van der Waals surface area contributed by atoms with Crippen LogP contribution in [0.25, 0.3) is 0 Å². The van der Waals surface area contributed by atoms with Gasteiger partial charge in [0.1, 0.15) is 11.8 Å². The Morgan fingerprint density at radius 1 is 0.846 bits per heavy atom. The molecule has 0 unspecified atom stereocenters. The van der Waals surface area contributed by atoms with E-state index in [0.29, 0.717) is 15.8 Å². The zero-order chi connectivity index (χ0) is 28.8. The number of amides is 3. The minimum absolute atomic E-state index is 0.142. The number of methoxy groups -OCH3 is 1. The molecule has 0 saturated carbocycles. The lowest BCUT2D eigenvalue weighted by molar-refractivity contribution is -0.384. The third-order valence-electron chi connectivity index (χ3n) is 5.95. The van der Waals surface area contributed by atoms with Gasteiger partial charge in [-0.05, 0) is 43.3 Å². The van der Waals surface area contributed by atoms with E-state index in [-0.39, 0.29) is 36.9 Å². The van der Waals surface area contributed by atoms with E-state index in [1.165, 1.54) is 38.3 Å². The number of nitro benzene ring substituents is 1. The van der Waals surface area contributed by atoms with Gasteiger partial charge in [0, 0.05) is 23.3 Å². The fourth-order valence-corrected chi connectivity index (χ4v) is 4.95. The molecule has 1 atom stereocenters. The van der Waals surface area contributed by atoms with Crippen molar-refractivity contribution in [2.75, 3.05) is 7.11 Å². The number of ether oxygens (including phenoxy) is 1. The number of hydrogen-bond acceptors (Lipinski definition) is 7. The van der Waals surface area contributed by atoms with Crippen LogP contribution in [0.5, 0.6) is 5.75 Å². The number of rotatable bonds is 7. The van der Waals surface area contributed by atoms with Gasteiger partial charge in [-0.2, -0.15) is 5.01 Å². The van der Waals surface area contributed by atoms with E-state index >= 15 is 0 Å². The van der Waals surface area contributed by atoms with E-state index in [0.717, 1.165) is 24.3 Å². The van der Waals surface area contributed by atoms with Gasteiger partial charge in [0.25, 0.3) is 23.4 Å². The second-order valence-electron chi connectivity index (χ2n) is 8.15. The molecule has 0 saturated heterocycles. The second kappa shape index (κ2) is 10.8. The first-order valence-electron chi connectivity index (χ1n) is 10.9. The number of imide groups is 1. The molecule has 1 aliphatic heterocycles. The van der Waals surface area contributed by atoms with Gasteiger partial charge in [0.2, 0.25) is 0 Å². The monoisotopic (exact) mass is 609 g/mol. The van der Waals surface area contributed by atoms with E-state index < -0.39 is 45.6 Å². The van der Waals surface area contributed by atoms with Gasteiger partial charge in [-0.15, -0.1) is 0 Å². The molecule has 1 heterocycles. The molecule has 3 aromatic carbocycles. The van der Waals surface area contributed by atoms with Gasteiger partial charge in [-0.25, -0.2) is 5.01 Å². The largest absolute Gasteiger partial charge is 0.497 e. The van der Waals surface area contributed by atoms with Crippen LogP contribution >= 0.6 is 46.4 Å². The van der Waals surface area contributed by atoms with E-state index in [2.05, 4.69) is 0 Å². The minimum Gasteiger partial charge on any atom is -0.497 e. The summed E-state index contributed by atoms with van der Waals surface area (Å²) in [6.07, 6.45) is 0. The zero-order valence-electron chi connectivity index (χ0n) is 19.9. The summed E-state index contributed by atoms with van der Waals surface area (Å²) in [5, 5.41) is 10.9. The standard InChI is InChI=1S/C25H15Cl4N3O7/c1-11(22(33)12-5-9-15(39-2)10-6-12)30(23(34)13-3-7-14(8-4-13)32(37)38)31-24(35)16-17(25(31)36)19(27)21(29)20(28)18(16)26/h3-11H,1-2H3/t11-/m0/s1. The lowest BCUT2D eigenvalue weighted by Gasteiger charge is -2.34. The number of halogens is 4. The maximum absolute atomic E-state index is 13.8. The molecule has 39 heavy (non-hydrogen) atoms. The number of carbonyl (C=O) groups is 4. The highest BCUT2D eigenvalue weighted by Gasteiger charge is 2.48. The van der Waals surface area contributed by atoms with Gasteiger partial charge in [0.05, 0.1) is 43.3 Å². The minimum atomic E-state index is -1.44. The average Bonchev–Trinajstić information content (AvgIpc) is 3.20. The molecule has 0 N–H and O–H groups in total. The zero-order valence-corrected chi connectivity index (χ0v) is 22.9. The molecule has 10 nitrogen and oxygen atoms in total. The summed E-state index contributed by atoms with van der Waals surface area (Å²) in [4.78, 5) is 64.8. The van der Waals surface area contributed by atoms with E-state index in [1.807, 2.05) is 0 Å². The van der Waals surface area contributed by atoms with Crippen molar-refractivity contribution in [1.29, 1.82) is 0 Å². The van der Waals surface area contributed by atoms with Gasteiger partial charge >= 0.3 is 0 Å². The maximum Gasteiger partial charge on any atom is 0.282 e. The molecule has 4 rings (SSSR count). The number of hydrogen-bond donors (Lipinski definition) is 0. The van der Waals surface area contributed by atoms with Crippen LogP contribution < -0.4 is 4.74 Å². The van der Waals surface area contributed by atoms with Crippen molar-refractivity contribution in [2.24, 2.45) is 0 Å². The van der Waals surface area contributed by atoms with E-state index in [4.69, 9.17) is 51.1 Å². The number of nitrogens with zero attached hydrogens (tertiary/aromatic N) is 3. The molecule has 3 amide bonds.